The van der Waals surface area contributed by atoms with E-state index in [-0.39, 0.29) is 5.92 Å². The van der Waals surface area contributed by atoms with Crippen molar-refractivity contribution < 1.29 is 9.47 Å². The molecule has 142 valence electrons. The lowest BCUT2D eigenvalue weighted by Crippen LogP contribution is -2.02. The van der Waals surface area contributed by atoms with Crippen molar-refractivity contribution in [2.24, 2.45) is 5.10 Å². The fourth-order valence-corrected chi connectivity index (χ4v) is 2.69. The van der Waals surface area contributed by atoms with Gasteiger partial charge in [0.15, 0.2) is 17.3 Å². The van der Waals surface area contributed by atoms with Crippen LogP contribution >= 0.6 is 12.2 Å². The molecular formula is C19H28N4O2S. The Morgan fingerprint density at radius 1 is 1.27 bits per heavy atom. The van der Waals surface area contributed by atoms with Crippen molar-refractivity contribution in [3.8, 4) is 11.5 Å². The normalized spacial score (nSPS) is 11.4. The molecule has 0 fully saturated rings. The minimum atomic E-state index is 0.220. The van der Waals surface area contributed by atoms with Gasteiger partial charge in [-0.25, -0.2) is 0 Å². The van der Waals surface area contributed by atoms with E-state index in [2.05, 4.69) is 22.2 Å². The molecule has 0 unspecified atom stereocenters. The second-order valence-electron chi connectivity index (χ2n) is 6.42. The quantitative estimate of drug-likeness (QED) is 0.363. The molecule has 0 aliphatic rings. The van der Waals surface area contributed by atoms with Gasteiger partial charge in [0, 0.05) is 5.92 Å². The third kappa shape index (κ3) is 5.42. The minimum absolute atomic E-state index is 0.220. The monoisotopic (exact) mass is 376 g/mol. The number of aromatic nitrogens is 3. The smallest absolute Gasteiger partial charge is 0.216 e. The van der Waals surface area contributed by atoms with Crippen LogP contribution in [0.25, 0.3) is 0 Å². The Labute approximate surface area is 160 Å². The highest BCUT2D eigenvalue weighted by Crippen LogP contribution is 2.28. The SMILES string of the molecule is CCCCCCOc1ccc(/C=N/n2c(C(C)C)n[nH]c2=S)cc1OC. The van der Waals surface area contributed by atoms with Crippen LogP contribution in [0.3, 0.4) is 0 Å². The zero-order valence-electron chi connectivity index (χ0n) is 16.0. The van der Waals surface area contributed by atoms with Crippen molar-refractivity contribution in [3.05, 3.63) is 34.4 Å². The number of unbranched alkanes of at least 4 members (excludes halogenated alkanes) is 3. The Bertz CT molecular complexity index is 780. The molecule has 26 heavy (non-hydrogen) atoms. The largest absolute Gasteiger partial charge is 0.493 e. The maximum atomic E-state index is 5.84. The van der Waals surface area contributed by atoms with E-state index in [0.29, 0.717) is 17.1 Å². The average Bonchev–Trinajstić information content (AvgIpc) is 3.01. The highest BCUT2D eigenvalue weighted by molar-refractivity contribution is 7.71. The van der Waals surface area contributed by atoms with Gasteiger partial charge in [0.25, 0.3) is 0 Å². The number of methoxy groups -OCH3 is 1. The Balaban J connectivity index is 2.09. The molecule has 0 aliphatic heterocycles. The highest BCUT2D eigenvalue weighted by Gasteiger charge is 2.09. The van der Waals surface area contributed by atoms with Crippen LogP contribution in [0.15, 0.2) is 23.3 Å². The maximum absolute atomic E-state index is 5.84. The lowest BCUT2D eigenvalue weighted by molar-refractivity contribution is 0.285. The lowest BCUT2D eigenvalue weighted by atomic mass is 10.2. The second kappa shape index (κ2) is 10.1. The molecule has 1 aromatic carbocycles. The predicted molar refractivity (Wildman–Crippen MR) is 107 cm³/mol. The number of nitrogens with one attached hydrogen (secondary N) is 1. The first-order chi connectivity index (χ1) is 12.6. The third-order valence-electron chi connectivity index (χ3n) is 3.96. The number of H-pyrrole nitrogens is 1. The van der Waals surface area contributed by atoms with Gasteiger partial charge in [0.1, 0.15) is 0 Å². The van der Waals surface area contributed by atoms with Crippen LogP contribution in [-0.4, -0.2) is 34.8 Å². The first-order valence-corrected chi connectivity index (χ1v) is 9.50. The van der Waals surface area contributed by atoms with Crippen molar-refractivity contribution in [1.29, 1.82) is 0 Å². The summed E-state index contributed by atoms with van der Waals surface area (Å²) in [7, 11) is 1.64. The van der Waals surface area contributed by atoms with Gasteiger partial charge in [-0.2, -0.15) is 14.9 Å². The van der Waals surface area contributed by atoms with Crippen LogP contribution in [0, 0.1) is 4.77 Å². The van der Waals surface area contributed by atoms with Crippen molar-refractivity contribution in [2.45, 2.75) is 52.4 Å². The maximum Gasteiger partial charge on any atom is 0.216 e. The molecule has 0 bridgehead atoms. The molecule has 0 amide bonds. The summed E-state index contributed by atoms with van der Waals surface area (Å²) in [5.74, 6) is 2.47. The van der Waals surface area contributed by atoms with Gasteiger partial charge in [-0.3, -0.25) is 5.10 Å². The Morgan fingerprint density at radius 2 is 2.08 bits per heavy atom. The zero-order valence-corrected chi connectivity index (χ0v) is 16.8. The summed E-state index contributed by atoms with van der Waals surface area (Å²) in [6.45, 7) is 7.00. The van der Waals surface area contributed by atoms with Crippen molar-refractivity contribution in [2.75, 3.05) is 13.7 Å². The molecular weight excluding hydrogens is 348 g/mol. The molecule has 6 nitrogen and oxygen atoms in total. The van der Waals surface area contributed by atoms with Crippen LogP contribution in [0.2, 0.25) is 0 Å². The van der Waals surface area contributed by atoms with E-state index in [4.69, 9.17) is 21.7 Å². The highest BCUT2D eigenvalue weighted by atomic mass is 32.1. The molecule has 0 saturated heterocycles. The van der Waals surface area contributed by atoms with Crippen LogP contribution in [0.4, 0.5) is 0 Å². The van der Waals surface area contributed by atoms with Gasteiger partial charge in [-0.15, -0.1) is 0 Å². The summed E-state index contributed by atoms with van der Waals surface area (Å²) >= 11 is 5.24. The Morgan fingerprint density at radius 3 is 2.77 bits per heavy atom. The van der Waals surface area contributed by atoms with Crippen LogP contribution < -0.4 is 9.47 Å². The molecule has 0 saturated carbocycles. The van der Waals surface area contributed by atoms with E-state index < -0.39 is 0 Å². The van der Waals surface area contributed by atoms with Gasteiger partial charge in [0.2, 0.25) is 4.77 Å². The number of ether oxygens (including phenoxy) is 2. The van der Waals surface area contributed by atoms with Gasteiger partial charge in [0.05, 0.1) is 19.9 Å². The van der Waals surface area contributed by atoms with Crippen LogP contribution in [-0.2, 0) is 0 Å². The number of aromatic amines is 1. The summed E-state index contributed by atoms with van der Waals surface area (Å²) in [6, 6.07) is 5.77. The fourth-order valence-electron chi connectivity index (χ4n) is 2.51. The molecule has 0 aliphatic carbocycles. The summed E-state index contributed by atoms with van der Waals surface area (Å²) in [6.07, 6.45) is 6.44. The van der Waals surface area contributed by atoms with Crippen LogP contribution in [0.1, 0.15) is 63.8 Å². The second-order valence-corrected chi connectivity index (χ2v) is 6.80. The third-order valence-corrected chi connectivity index (χ3v) is 4.22. The standard InChI is InChI=1S/C19H28N4O2S/c1-5-6-7-8-11-25-16-10-9-15(12-17(16)24-4)13-20-23-18(14(2)3)21-22-19(23)26/h9-10,12-14H,5-8,11H2,1-4H3,(H,22,26)/b20-13+. The number of rotatable bonds is 10. The number of nitrogens with zero attached hydrogens (tertiary/aromatic N) is 3. The van der Waals surface area contributed by atoms with Crippen molar-refractivity contribution in [1.82, 2.24) is 14.9 Å². The minimum Gasteiger partial charge on any atom is -0.493 e. The van der Waals surface area contributed by atoms with E-state index in [1.54, 1.807) is 18.0 Å². The number of hydrogen-bond acceptors (Lipinski definition) is 5. The first kappa shape index (κ1) is 20.2. The van der Waals surface area contributed by atoms with Crippen molar-refractivity contribution in [3.63, 3.8) is 0 Å². The van der Waals surface area contributed by atoms with Crippen LogP contribution in [0.5, 0.6) is 11.5 Å². The van der Waals surface area contributed by atoms with Gasteiger partial charge < -0.3 is 9.47 Å². The zero-order chi connectivity index (χ0) is 18.9. The van der Waals surface area contributed by atoms with Gasteiger partial charge in [-0.1, -0.05) is 40.0 Å². The Kier molecular flexibility index (Phi) is 7.84. The molecule has 2 rings (SSSR count). The van der Waals surface area contributed by atoms with E-state index >= 15 is 0 Å². The van der Waals surface area contributed by atoms with Gasteiger partial charge in [-0.05, 0) is 42.4 Å². The molecule has 1 N–H and O–H groups in total. The summed E-state index contributed by atoms with van der Waals surface area (Å²) in [5.41, 5.74) is 0.901. The molecule has 1 heterocycles. The van der Waals surface area contributed by atoms with E-state index in [9.17, 15) is 0 Å². The lowest BCUT2D eigenvalue weighted by Gasteiger charge is -2.11. The molecule has 2 aromatic rings. The van der Waals surface area contributed by atoms with Gasteiger partial charge >= 0.3 is 0 Å². The van der Waals surface area contributed by atoms with E-state index in [1.807, 2.05) is 32.0 Å². The fraction of sp³-hybridized carbons (Fsp3) is 0.526. The summed E-state index contributed by atoms with van der Waals surface area (Å²) in [5, 5.41) is 11.5. The molecule has 1 aromatic heterocycles. The van der Waals surface area contributed by atoms with Crippen molar-refractivity contribution >= 4 is 18.4 Å². The molecule has 0 atom stereocenters. The number of hydrogen-bond donors (Lipinski definition) is 1. The average molecular weight is 377 g/mol. The molecule has 0 radical (unpaired) electrons. The summed E-state index contributed by atoms with van der Waals surface area (Å²) < 4.78 is 13.4. The van der Waals surface area contributed by atoms with E-state index in [0.717, 1.165) is 23.6 Å². The Hall–Kier alpha value is -2.15. The predicted octanol–water partition coefficient (Wildman–Crippen LogP) is 4.91. The first-order valence-electron chi connectivity index (χ1n) is 9.09. The molecule has 0 spiro atoms. The summed E-state index contributed by atoms with van der Waals surface area (Å²) in [4.78, 5) is 0. The van der Waals surface area contributed by atoms with E-state index in [1.165, 1.54) is 19.3 Å². The number of benzene rings is 1. The molecule has 7 heteroatoms. The topological polar surface area (TPSA) is 64.4 Å².